The van der Waals surface area contributed by atoms with E-state index in [2.05, 4.69) is 15.3 Å². The summed E-state index contributed by atoms with van der Waals surface area (Å²) in [6.07, 6.45) is 3.07. The van der Waals surface area contributed by atoms with Crippen molar-refractivity contribution in [2.45, 2.75) is 6.04 Å². The van der Waals surface area contributed by atoms with Crippen molar-refractivity contribution in [2.24, 2.45) is 0 Å². The fourth-order valence-electron chi connectivity index (χ4n) is 1.89. The lowest BCUT2D eigenvalue weighted by atomic mass is 10.2. The van der Waals surface area contributed by atoms with Crippen LogP contribution in [0.3, 0.4) is 0 Å². The molecule has 0 bridgehead atoms. The van der Waals surface area contributed by atoms with E-state index in [9.17, 15) is 9.59 Å². The molecular weight excluding hydrogens is 264 g/mol. The number of methoxy groups -OCH3 is 1. The Hall–Kier alpha value is -2.06. The summed E-state index contributed by atoms with van der Waals surface area (Å²) in [6.45, 7) is 1.24. The highest BCUT2D eigenvalue weighted by molar-refractivity contribution is 5.91. The number of aromatic nitrogens is 2. The SMILES string of the molecule is COC(=O)C1COCCN1CC(=O)Nc1ncccn1. The standard InChI is InChI=1S/C12H16N4O4/c1-19-11(18)9-8-20-6-5-16(9)7-10(17)15-12-13-3-2-4-14-12/h2-4,9H,5-8H2,1H3,(H,13,14,15,17). The Balaban J connectivity index is 1.93. The molecule has 1 unspecified atom stereocenters. The Kier molecular flexibility index (Phi) is 4.97. The summed E-state index contributed by atoms with van der Waals surface area (Å²) < 4.78 is 9.94. The molecule has 0 radical (unpaired) electrons. The molecule has 1 aliphatic heterocycles. The van der Waals surface area contributed by atoms with Gasteiger partial charge in [-0.05, 0) is 6.07 Å². The quantitative estimate of drug-likeness (QED) is 0.728. The van der Waals surface area contributed by atoms with Crippen molar-refractivity contribution in [3.63, 3.8) is 0 Å². The lowest BCUT2D eigenvalue weighted by molar-refractivity contribution is -0.153. The summed E-state index contributed by atoms with van der Waals surface area (Å²) in [4.78, 5) is 33.1. The van der Waals surface area contributed by atoms with Crippen LogP contribution in [0.2, 0.25) is 0 Å². The lowest BCUT2D eigenvalue weighted by Crippen LogP contribution is -2.52. The second-order valence-corrected chi connectivity index (χ2v) is 4.20. The van der Waals surface area contributed by atoms with Gasteiger partial charge in [-0.1, -0.05) is 0 Å². The number of hydrogen-bond donors (Lipinski definition) is 1. The molecule has 2 rings (SSSR count). The first-order chi connectivity index (χ1) is 9.70. The average Bonchev–Trinajstić information content (AvgIpc) is 2.48. The molecule has 2 heterocycles. The van der Waals surface area contributed by atoms with Crippen molar-refractivity contribution in [3.05, 3.63) is 18.5 Å². The summed E-state index contributed by atoms with van der Waals surface area (Å²) in [7, 11) is 1.31. The van der Waals surface area contributed by atoms with E-state index in [0.717, 1.165) is 0 Å². The zero-order valence-electron chi connectivity index (χ0n) is 11.1. The first kappa shape index (κ1) is 14.4. The van der Waals surface area contributed by atoms with Crippen molar-refractivity contribution in [1.82, 2.24) is 14.9 Å². The number of nitrogens with zero attached hydrogens (tertiary/aromatic N) is 3. The summed E-state index contributed by atoms with van der Waals surface area (Å²) in [6, 6.07) is 1.10. The van der Waals surface area contributed by atoms with Crippen molar-refractivity contribution in [1.29, 1.82) is 0 Å². The van der Waals surface area contributed by atoms with E-state index in [0.29, 0.717) is 13.2 Å². The lowest BCUT2D eigenvalue weighted by Gasteiger charge is -2.32. The van der Waals surface area contributed by atoms with Gasteiger partial charge in [0.05, 0.1) is 26.9 Å². The van der Waals surface area contributed by atoms with Gasteiger partial charge in [0.1, 0.15) is 6.04 Å². The number of carbonyl (C=O) groups excluding carboxylic acids is 2. The fraction of sp³-hybridized carbons (Fsp3) is 0.500. The number of morpholine rings is 1. The van der Waals surface area contributed by atoms with Gasteiger partial charge in [-0.3, -0.25) is 19.8 Å². The van der Waals surface area contributed by atoms with Crippen LogP contribution in [0, 0.1) is 0 Å². The number of esters is 1. The number of rotatable bonds is 4. The van der Waals surface area contributed by atoms with Gasteiger partial charge in [0, 0.05) is 18.9 Å². The zero-order chi connectivity index (χ0) is 14.4. The highest BCUT2D eigenvalue weighted by Gasteiger charge is 2.31. The molecule has 1 aromatic heterocycles. The van der Waals surface area contributed by atoms with Gasteiger partial charge in [0.15, 0.2) is 0 Å². The second kappa shape index (κ2) is 6.92. The van der Waals surface area contributed by atoms with Gasteiger partial charge in [-0.2, -0.15) is 0 Å². The van der Waals surface area contributed by atoms with Gasteiger partial charge in [-0.15, -0.1) is 0 Å². The van der Waals surface area contributed by atoms with Gasteiger partial charge in [-0.25, -0.2) is 9.97 Å². The maximum Gasteiger partial charge on any atom is 0.325 e. The first-order valence-electron chi connectivity index (χ1n) is 6.17. The molecule has 1 aromatic rings. The van der Waals surface area contributed by atoms with E-state index >= 15 is 0 Å². The maximum absolute atomic E-state index is 11.9. The molecule has 1 N–H and O–H groups in total. The van der Waals surface area contributed by atoms with Crippen LogP contribution in [0.5, 0.6) is 0 Å². The number of carbonyl (C=O) groups is 2. The first-order valence-corrected chi connectivity index (χ1v) is 6.17. The van der Waals surface area contributed by atoms with Crippen molar-refractivity contribution in [2.75, 3.05) is 38.7 Å². The second-order valence-electron chi connectivity index (χ2n) is 4.20. The van der Waals surface area contributed by atoms with Crippen LogP contribution in [0.25, 0.3) is 0 Å². The summed E-state index contributed by atoms with van der Waals surface area (Å²) in [5.74, 6) is -0.458. The molecule has 20 heavy (non-hydrogen) atoms. The Morgan fingerprint density at radius 3 is 2.95 bits per heavy atom. The molecule has 0 spiro atoms. The third kappa shape index (κ3) is 3.72. The highest BCUT2D eigenvalue weighted by Crippen LogP contribution is 2.08. The molecule has 1 fully saturated rings. The van der Waals surface area contributed by atoms with Crippen molar-refractivity contribution < 1.29 is 19.1 Å². The number of hydrogen-bond acceptors (Lipinski definition) is 7. The van der Waals surface area contributed by atoms with Gasteiger partial charge < -0.3 is 9.47 Å². The average molecular weight is 280 g/mol. The molecule has 108 valence electrons. The van der Waals surface area contributed by atoms with Crippen molar-refractivity contribution >= 4 is 17.8 Å². The minimum atomic E-state index is -0.559. The third-order valence-electron chi connectivity index (χ3n) is 2.88. The molecule has 8 heteroatoms. The van der Waals surface area contributed by atoms with Gasteiger partial charge in [0.25, 0.3) is 0 Å². The Labute approximate surface area is 116 Å². The molecule has 1 amide bonds. The third-order valence-corrected chi connectivity index (χ3v) is 2.88. The monoisotopic (exact) mass is 280 g/mol. The molecular formula is C12H16N4O4. The minimum absolute atomic E-state index is 0.0569. The van der Waals surface area contributed by atoms with Crippen LogP contribution in [-0.2, 0) is 19.1 Å². The van der Waals surface area contributed by atoms with Crippen LogP contribution in [0.4, 0.5) is 5.95 Å². The van der Waals surface area contributed by atoms with Crippen LogP contribution in [0.1, 0.15) is 0 Å². The predicted molar refractivity (Wildman–Crippen MR) is 68.9 cm³/mol. The van der Waals surface area contributed by atoms with E-state index in [1.54, 1.807) is 11.0 Å². The van der Waals surface area contributed by atoms with Gasteiger partial charge >= 0.3 is 5.97 Å². The molecule has 1 saturated heterocycles. The van der Waals surface area contributed by atoms with Gasteiger partial charge in [0.2, 0.25) is 11.9 Å². The highest BCUT2D eigenvalue weighted by atomic mass is 16.5. The topological polar surface area (TPSA) is 93.7 Å². The summed E-state index contributed by atoms with van der Waals surface area (Å²) in [5, 5.41) is 2.57. The van der Waals surface area contributed by atoms with Crippen LogP contribution in [0.15, 0.2) is 18.5 Å². The van der Waals surface area contributed by atoms with E-state index in [4.69, 9.17) is 9.47 Å². The molecule has 0 saturated carbocycles. The number of anilines is 1. The summed E-state index contributed by atoms with van der Waals surface area (Å²) in [5.41, 5.74) is 0. The molecule has 1 atom stereocenters. The molecule has 8 nitrogen and oxygen atoms in total. The Morgan fingerprint density at radius 1 is 1.50 bits per heavy atom. The van der Waals surface area contributed by atoms with E-state index in [-0.39, 0.29) is 25.0 Å². The number of nitrogens with one attached hydrogen (secondary N) is 1. The fourth-order valence-corrected chi connectivity index (χ4v) is 1.89. The number of amides is 1. The predicted octanol–water partition coefficient (Wildman–Crippen LogP) is -0.711. The van der Waals surface area contributed by atoms with Crippen LogP contribution in [-0.4, -0.2) is 66.2 Å². The smallest absolute Gasteiger partial charge is 0.325 e. The van der Waals surface area contributed by atoms with E-state index < -0.39 is 12.0 Å². The number of ether oxygens (including phenoxy) is 2. The zero-order valence-corrected chi connectivity index (χ0v) is 11.1. The summed E-state index contributed by atoms with van der Waals surface area (Å²) >= 11 is 0. The molecule has 0 aromatic carbocycles. The Morgan fingerprint density at radius 2 is 2.25 bits per heavy atom. The molecule has 1 aliphatic rings. The minimum Gasteiger partial charge on any atom is -0.468 e. The van der Waals surface area contributed by atoms with E-state index in [1.807, 2.05) is 0 Å². The van der Waals surface area contributed by atoms with Crippen LogP contribution >= 0.6 is 0 Å². The molecule has 0 aliphatic carbocycles. The maximum atomic E-state index is 11.9. The van der Waals surface area contributed by atoms with E-state index in [1.165, 1.54) is 19.5 Å². The largest absolute Gasteiger partial charge is 0.468 e. The normalized spacial score (nSPS) is 19.4. The Bertz CT molecular complexity index is 468. The van der Waals surface area contributed by atoms with Crippen molar-refractivity contribution in [3.8, 4) is 0 Å². The van der Waals surface area contributed by atoms with Crippen LogP contribution < -0.4 is 5.32 Å².